The van der Waals surface area contributed by atoms with E-state index in [1.165, 1.54) is 0 Å². The van der Waals surface area contributed by atoms with E-state index in [0.29, 0.717) is 0 Å². The van der Waals surface area contributed by atoms with E-state index in [4.69, 9.17) is 5.26 Å². The third kappa shape index (κ3) is 1.28. The molecule has 4 nitrogen and oxygen atoms in total. The minimum absolute atomic E-state index is 0.00144. The Hall–Kier alpha value is -1.08. The molecule has 1 atom stereocenters. The molecule has 1 fully saturated rings. The second kappa shape index (κ2) is 2.76. The average Bonchev–Trinajstić information content (AvgIpc) is 2.16. The van der Waals surface area contributed by atoms with Gasteiger partial charge in [0, 0.05) is 7.05 Å². The van der Waals surface area contributed by atoms with E-state index in [-0.39, 0.29) is 24.0 Å². The number of carbonyl (C=O) groups is 1. The number of nitriles is 1. The zero-order valence-electron chi connectivity index (χ0n) is 7.59. The third-order valence-corrected chi connectivity index (χ3v) is 2.29. The van der Waals surface area contributed by atoms with E-state index in [9.17, 15) is 4.79 Å². The van der Waals surface area contributed by atoms with Crippen molar-refractivity contribution in [3.8, 4) is 6.07 Å². The second-order valence-corrected chi connectivity index (χ2v) is 3.52. The Morgan fingerprint density at radius 2 is 2.33 bits per heavy atom. The van der Waals surface area contributed by atoms with Gasteiger partial charge in [-0.2, -0.15) is 5.26 Å². The highest BCUT2D eigenvalue weighted by atomic mass is 16.2. The predicted molar refractivity (Wildman–Crippen MR) is 44.0 cm³/mol. The number of amides is 1. The van der Waals surface area contributed by atoms with Crippen molar-refractivity contribution < 1.29 is 4.79 Å². The molecule has 0 aromatic rings. The van der Waals surface area contributed by atoms with Gasteiger partial charge in [0.2, 0.25) is 5.91 Å². The minimum atomic E-state index is -0.324. The average molecular weight is 167 g/mol. The van der Waals surface area contributed by atoms with Crippen LogP contribution in [0, 0.1) is 11.3 Å². The molecule has 0 bridgehead atoms. The van der Waals surface area contributed by atoms with Gasteiger partial charge in [0.15, 0.2) is 0 Å². The second-order valence-electron chi connectivity index (χ2n) is 3.52. The van der Waals surface area contributed by atoms with Crippen molar-refractivity contribution in [1.29, 1.82) is 5.26 Å². The van der Waals surface area contributed by atoms with Crippen LogP contribution in [0.25, 0.3) is 0 Å². The number of nitrogens with one attached hydrogen (secondary N) is 1. The van der Waals surface area contributed by atoms with Gasteiger partial charge in [0.05, 0.1) is 18.2 Å². The highest BCUT2D eigenvalue weighted by molar-refractivity contribution is 5.84. The fourth-order valence-corrected chi connectivity index (χ4v) is 1.32. The van der Waals surface area contributed by atoms with Gasteiger partial charge in [-0.1, -0.05) is 0 Å². The molecule has 4 heteroatoms. The lowest BCUT2D eigenvalue weighted by Crippen LogP contribution is -2.45. The van der Waals surface area contributed by atoms with Crippen LogP contribution in [0.15, 0.2) is 0 Å². The summed E-state index contributed by atoms with van der Waals surface area (Å²) in [7, 11) is 1.74. The zero-order chi connectivity index (χ0) is 9.35. The number of carbonyl (C=O) groups excluding carboxylic acids is 1. The summed E-state index contributed by atoms with van der Waals surface area (Å²) in [6.45, 7) is 3.84. The molecule has 0 aromatic heterocycles. The lowest BCUT2D eigenvalue weighted by molar-refractivity contribution is -0.129. The quantitative estimate of drug-likeness (QED) is 0.601. The molecule has 1 heterocycles. The first-order valence-corrected chi connectivity index (χ1v) is 3.91. The van der Waals surface area contributed by atoms with E-state index in [2.05, 4.69) is 5.32 Å². The number of rotatable bonds is 1. The molecule has 1 saturated heterocycles. The van der Waals surface area contributed by atoms with Crippen molar-refractivity contribution >= 4 is 5.91 Å². The van der Waals surface area contributed by atoms with E-state index in [1.807, 2.05) is 19.9 Å². The Morgan fingerprint density at radius 1 is 1.75 bits per heavy atom. The van der Waals surface area contributed by atoms with E-state index < -0.39 is 0 Å². The molecular weight excluding hydrogens is 154 g/mol. The van der Waals surface area contributed by atoms with Crippen LogP contribution in [0.2, 0.25) is 0 Å². The first kappa shape index (κ1) is 9.01. The lowest BCUT2D eigenvalue weighted by Gasteiger charge is -2.26. The van der Waals surface area contributed by atoms with Gasteiger partial charge < -0.3 is 4.90 Å². The fourth-order valence-electron chi connectivity index (χ4n) is 1.32. The van der Waals surface area contributed by atoms with Crippen molar-refractivity contribution in [1.82, 2.24) is 10.2 Å². The first-order chi connectivity index (χ1) is 5.49. The summed E-state index contributed by atoms with van der Waals surface area (Å²) < 4.78 is 0. The SMILES string of the molecule is CN1C(=O)[C@H](CC#N)NC1(C)C. The molecule has 12 heavy (non-hydrogen) atoms. The van der Waals surface area contributed by atoms with Gasteiger partial charge in [0.25, 0.3) is 0 Å². The van der Waals surface area contributed by atoms with Crippen molar-refractivity contribution in [3.05, 3.63) is 0 Å². The monoisotopic (exact) mass is 167 g/mol. The Bertz CT molecular complexity index is 241. The number of likely N-dealkylation sites (N-methyl/N-ethyl adjacent to an activating group) is 1. The molecule has 1 rings (SSSR count). The van der Waals surface area contributed by atoms with Crippen molar-refractivity contribution in [3.63, 3.8) is 0 Å². The maximum atomic E-state index is 11.4. The molecule has 1 aliphatic rings. The third-order valence-electron chi connectivity index (χ3n) is 2.29. The largest absolute Gasteiger partial charge is 0.327 e. The summed E-state index contributed by atoms with van der Waals surface area (Å²) in [6.07, 6.45) is 0.243. The van der Waals surface area contributed by atoms with E-state index in [0.717, 1.165) is 0 Å². The standard InChI is InChI=1S/C8H13N3O/c1-8(2)10-6(4-5-9)7(12)11(8)3/h6,10H,4H2,1-3H3/t6-/m0/s1. The number of nitrogens with zero attached hydrogens (tertiary/aromatic N) is 2. The van der Waals surface area contributed by atoms with Crippen molar-refractivity contribution in [2.45, 2.75) is 32.0 Å². The van der Waals surface area contributed by atoms with Gasteiger partial charge in [-0.15, -0.1) is 0 Å². The van der Waals surface area contributed by atoms with Gasteiger partial charge >= 0.3 is 0 Å². The van der Waals surface area contributed by atoms with Crippen LogP contribution in [0.3, 0.4) is 0 Å². The normalized spacial score (nSPS) is 27.3. The predicted octanol–water partition coefficient (Wildman–Crippen LogP) is 0.0664. The highest BCUT2D eigenvalue weighted by Crippen LogP contribution is 2.19. The molecule has 1 aliphatic heterocycles. The summed E-state index contributed by atoms with van der Waals surface area (Å²) in [6, 6.07) is 1.66. The van der Waals surface area contributed by atoms with Crippen LogP contribution in [0.1, 0.15) is 20.3 Å². The van der Waals surface area contributed by atoms with Gasteiger partial charge in [-0.05, 0) is 13.8 Å². The van der Waals surface area contributed by atoms with Crippen LogP contribution in [0.4, 0.5) is 0 Å². The molecule has 1 amide bonds. The highest BCUT2D eigenvalue weighted by Gasteiger charge is 2.41. The van der Waals surface area contributed by atoms with Crippen LogP contribution in [-0.4, -0.2) is 29.6 Å². The molecule has 1 N–H and O–H groups in total. The fraction of sp³-hybridized carbons (Fsp3) is 0.750. The smallest absolute Gasteiger partial charge is 0.242 e. The Morgan fingerprint density at radius 3 is 2.67 bits per heavy atom. The van der Waals surface area contributed by atoms with Gasteiger partial charge in [-0.25, -0.2) is 0 Å². The summed E-state index contributed by atoms with van der Waals surface area (Å²) in [4.78, 5) is 13.1. The number of hydrogen-bond donors (Lipinski definition) is 1. The van der Waals surface area contributed by atoms with Crippen LogP contribution in [-0.2, 0) is 4.79 Å². The molecule has 0 spiro atoms. The molecule has 0 aromatic carbocycles. The van der Waals surface area contributed by atoms with Gasteiger partial charge in [0.1, 0.15) is 6.04 Å². The molecule has 0 saturated carbocycles. The van der Waals surface area contributed by atoms with Crippen molar-refractivity contribution in [2.24, 2.45) is 0 Å². The Kier molecular flexibility index (Phi) is 2.07. The number of hydrogen-bond acceptors (Lipinski definition) is 3. The van der Waals surface area contributed by atoms with Crippen LogP contribution in [0.5, 0.6) is 0 Å². The zero-order valence-corrected chi connectivity index (χ0v) is 7.59. The lowest BCUT2D eigenvalue weighted by atomic mass is 10.2. The van der Waals surface area contributed by atoms with Gasteiger partial charge in [-0.3, -0.25) is 10.1 Å². The van der Waals surface area contributed by atoms with E-state index >= 15 is 0 Å². The van der Waals surface area contributed by atoms with Crippen LogP contribution >= 0.6 is 0 Å². The molecule has 0 aliphatic carbocycles. The molecule has 0 radical (unpaired) electrons. The molecule has 66 valence electrons. The minimum Gasteiger partial charge on any atom is -0.327 e. The summed E-state index contributed by atoms with van der Waals surface area (Å²) in [5.74, 6) is 0.00144. The summed E-state index contributed by atoms with van der Waals surface area (Å²) in [5.41, 5.74) is -0.321. The maximum absolute atomic E-state index is 11.4. The summed E-state index contributed by atoms with van der Waals surface area (Å²) in [5, 5.41) is 11.5. The maximum Gasteiger partial charge on any atom is 0.242 e. The topological polar surface area (TPSA) is 56.1 Å². The van der Waals surface area contributed by atoms with Crippen molar-refractivity contribution in [2.75, 3.05) is 7.05 Å². The molecule has 0 unspecified atom stereocenters. The Balaban J connectivity index is 2.76. The Labute approximate surface area is 72.2 Å². The molecular formula is C8H13N3O. The summed E-state index contributed by atoms with van der Waals surface area (Å²) >= 11 is 0. The first-order valence-electron chi connectivity index (χ1n) is 3.91. The van der Waals surface area contributed by atoms with E-state index in [1.54, 1.807) is 11.9 Å². The van der Waals surface area contributed by atoms with Crippen LogP contribution < -0.4 is 5.32 Å².